The molecule has 1 aromatic heterocycles. The van der Waals surface area contributed by atoms with Crippen molar-refractivity contribution in [1.82, 2.24) is 4.98 Å². The van der Waals surface area contributed by atoms with E-state index in [1.54, 1.807) is 7.05 Å². The molecule has 0 spiro atoms. The predicted octanol–water partition coefficient (Wildman–Crippen LogP) is 2.50. The number of fused-ring (bicyclic) bond motifs is 1. The maximum Gasteiger partial charge on any atom is 0.342 e. The first-order chi connectivity index (χ1) is 9.29. The standard InChI is InChI=1S/C15H14N2O2/c1-16-14-13-11(7-8-19-15(13)18)9-12(17-14)10-5-3-2-4-6-10/h2-6,9H,7-8H2,1H3,(H,16,17). The number of nitrogens with one attached hydrogen (secondary N) is 1. The van der Waals surface area contributed by atoms with Gasteiger partial charge in [-0.1, -0.05) is 30.3 Å². The highest BCUT2D eigenvalue weighted by atomic mass is 16.5. The number of rotatable bonds is 2. The first kappa shape index (κ1) is 11.7. The highest BCUT2D eigenvalue weighted by Crippen LogP contribution is 2.28. The quantitative estimate of drug-likeness (QED) is 0.837. The molecule has 0 unspecified atom stereocenters. The SMILES string of the molecule is CNc1nc(-c2ccccc2)cc2c1C(=O)OCC2. The summed E-state index contributed by atoms with van der Waals surface area (Å²) in [6, 6.07) is 11.9. The molecule has 4 nitrogen and oxygen atoms in total. The van der Waals surface area contributed by atoms with Gasteiger partial charge in [0.25, 0.3) is 0 Å². The number of nitrogens with zero attached hydrogens (tertiary/aromatic N) is 1. The molecule has 1 N–H and O–H groups in total. The minimum Gasteiger partial charge on any atom is -0.462 e. The van der Waals surface area contributed by atoms with Crippen molar-refractivity contribution in [2.24, 2.45) is 0 Å². The Hall–Kier alpha value is -2.36. The van der Waals surface area contributed by atoms with E-state index < -0.39 is 0 Å². The zero-order valence-corrected chi connectivity index (χ0v) is 10.6. The molecule has 0 atom stereocenters. The molecule has 1 aliphatic rings. The first-order valence-electron chi connectivity index (χ1n) is 6.24. The zero-order valence-electron chi connectivity index (χ0n) is 10.6. The summed E-state index contributed by atoms with van der Waals surface area (Å²) in [5.41, 5.74) is 3.47. The Bertz CT molecular complexity index is 606. The van der Waals surface area contributed by atoms with Crippen LogP contribution in [0.1, 0.15) is 15.9 Å². The van der Waals surface area contributed by atoms with Crippen LogP contribution in [0, 0.1) is 0 Å². The van der Waals surface area contributed by atoms with E-state index in [1.165, 1.54) is 0 Å². The van der Waals surface area contributed by atoms with Crippen LogP contribution in [-0.2, 0) is 11.2 Å². The molecule has 0 saturated carbocycles. The van der Waals surface area contributed by atoms with Gasteiger partial charge in [0.05, 0.1) is 12.3 Å². The average Bonchev–Trinajstić information content (AvgIpc) is 2.47. The van der Waals surface area contributed by atoms with Crippen LogP contribution in [-0.4, -0.2) is 24.6 Å². The molecule has 19 heavy (non-hydrogen) atoms. The Labute approximate surface area is 111 Å². The fraction of sp³-hybridized carbons (Fsp3) is 0.200. The summed E-state index contributed by atoms with van der Waals surface area (Å²) in [6.07, 6.45) is 0.734. The monoisotopic (exact) mass is 254 g/mol. The van der Waals surface area contributed by atoms with Gasteiger partial charge in [-0.2, -0.15) is 0 Å². The molecule has 0 fully saturated rings. The van der Waals surface area contributed by atoms with Gasteiger partial charge in [0.2, 0.25) is 0 Å². The van der Waals surface area contributed by atoms with E-state index in [2.05, 4.69) is 10.3 Å². The molecular weight excluding hydrogens is 240 g/mol. The van der Waals surface area contributed by atoms with Gasteiger partial charge in [-0.15, -0.1) is 0 Å². The second kappa shape index (κ2) is 4.72. The van der Waals surface area contributed by atoms with E-state index in [0.717, 1.165) is 23.2 Å². The molecule has 2 heterocycles. The van der Waals surface area contributed by atoms with Crippen LogP contribution in [0.25, 0.3) is 11.3 Å². The Morgan fingerprint density at radius 3 is 2.79 bits per heavy atom. The number of carbonyl (C=O) groups is 1. The molecule has 0 amide bonds. The van der Waals surface area contributed by atoms with E-state index in [0.29, 0.717) is 18.0 Å². The molecule has 3 rings (SSSR count). The van der Waals surface area contributed by atoms with Crippen molar-refractivity contribution in [2.75, 3.05) is 19.0 Å². The summed E-state index contributed by atoms with van der Waals surface area (Å²) in [5, 5.41) is 2.98. The maximum absolute atomic E-state index is 11.8. The Morgan fingerprint density at radius 1 is 1.26 bits per heavy atom. The van der Waals surface area contributed by atoms with Gasteiger partial charge >= 0.3 is 5.97 Å². The third kappa shape index (κ3) is 2.05. The van der Waals surface area contributed by atoms with Gasteiger partial charge in [-0.05, 0) is 11.6 Å². The molecule has 1 aliphatic heterocycles. The summed E-state index contributed by atoms with van der Waals surface area (Å²) in [5.74, 6) is 0.291. The molecular formula is C15H14N2O2. The molecule has 0 radical (unpaired) electrons. The third-order valence-electron chi connectivity index (χ3n) is 3.22. The highest BCUT2D eigenvalue weighted by Gasteiger charge is 2.24. The van der Waals surface area contributed by atoms with Crippen molar-refractivity contribution in [1.29, 1.82) is 0 Å². The molecule has 2 aromatic rings. The molecule has 0 aliphatic carbocycles. The molecule has 4 heteroatoms. The van der Waals surface area contributed by atoms with Gasteiger partial charge < -0.3 is 10.1 Å². The van der Waals surface area contributed by atoms with Crippen molar-refractivity contribution < 1.29 is 9.53 Å². The lowest BCUT2D eigenvalue weighted by atomic mass is 10.0. The van der Waals surface area contributed by atoms with Gasteiger partial charge in [-0.25, -0.2) is 9.78 Å². The number of hydrogen-bond acceptors (Lipinski definition) is 4. The Balaban J connectivity index is 2.17. The summed E-state index contributed by atoms with van der Waals surface area (Å²) < 4.78 is 5.07. The first-order valence-corrected chi connectivity index (χ1v) is 6.24. The number of benzene rings is 1. The number of cyclic esters (lactones) is 1. The van der Waals surface area contributed by atoms with Gasteiger partial charge in [0.15, 0.2) is 0 Å². The summed E-state index contributed by atoms with van der Waals surface area (Å²) in [6.45, 7) is 0.438. The normalized spacial score (nSPS) is 13.6. The third-order valence-corrected chi connectivity index (χ3v) is 3.22. The number of ether oxygens (including phenoxy) is 1. The summed E-state index contributed by atoms with van der Waals surface area (Å²) in [7, 11) is 1.76. The van der Waals surface area contributed by atoms with Crippen molar-refractivity contribution in [3.63, 3.8) is 0 Å². The number of carbonyl (C=O) groups excluding carboxylic acids is 1. The second-order valence-corrected chi connectivity index (χ2v) is 4.39. The summed E-state index contributed by atoms with van der Waals surface area (Å²) in [4.78, 5) is 16.3. The Morgan fingerprint density at radius 2 is 2.05 bits per heavy atom. The number of anilines is 1. The van der Waals surface area contributed by atoms with Gasteiger partial charge in [0.1, 0.15) is 11.4 Å². The van der Waals surface area contributed by atoms with E-state index in [-0.39, 0.29) is 5.97 Å². The van der Waals surface area contributed by atoms with Gasteiger partial charge in [0, 0.05) is 19.0 Å². The fourth-order valence-electron chi connectivity index (χ4n) is 2.29. The minimum atomic E-state index is -0.294. The molecule has 96 valence electrons. The highest BCUT2D eigenvalue weighted by molar-refractivity contribution is 5.97. The topological polar surface area (TPSA) is 51.2 Å². The van der Waals surface area contributed by atoms with Crippen molar-refractivity contribution in [2.45, 2.75) is 6.42 Å². The molecule has 0 saturated heterocycles. The average molecular weight is 254 g/mol. The second-order valence-electron chi connectivity index (χ2n) is 4.39. The molecule has 0 bridgehead atoms. The number of hydrogen-bond donors (Lipinski definition) is 1. The van der Waals surface area contributed by atoms with Crippen LogP contribution in [0.2, 0.25) is 0 Å². The van der Waals surface area contributed by atoms with Crippen LogP contribution in [0.15, 0.2) is 36.4 Å². The Kier molecular flexibility index (Phi) is 2.91. The largest absolute Gasteiger partial charge is 0.462 e. The lowest BCUT2D eigenvalue weighted by Crippen LogP contribution is -2.20. The number of pyridine rings is 1. The summed E-state index contributed by atoms with van der Waals surface area (Å²) >= 11 is 0. The van der Waals surface area contributed by atoms with Crippen LogP contribution >= 0.6 is 0 Å². The maximum atomic E-state index is 11.8. The minimum absolute atomic E-state index is 0.294. The lowest BCUT2D eigenvalue weighted by Gasteiger charge is -2.19. The fourth-order valence-corrected chi connectivity index (χ4v) is 2.29. The molecule has 1 aromatic carbocycles. The smallest absolute Gasteiger partial charge is 0.342 e. The van der Waals surface area contributed by atoms with Crippen LogP contribution < -0.4 is 5.32 Å². The van der Waals surface area contributed by atoms with Crippen LogP contribution in [0.5, 0.6) is 0 Å². The van der Waals surface area contributed by atoms with Crippen LogP contribution in [0.3, 0.4) is 0 Å². The van der Waals surface area contributed by atoms with Crippen molar-refractivity contribution in [3.05, 3.63) is 47.5 Å². The van der Waals surface area contributed by atoms with Crippen molar-refractivity contribution >= 4 is 11.8 Å². The number of aromatic nitrogens is 1. The van der Waals surface area contributed by atoms with Gasteiger partial charge in [-0.3, -0.25) is 0 Å². The van der Waals surface area contributed by atoms with E-state index in [9.17, 15) is 4.79 Å². The van der Waals surface area contributed by atoms with Crippen LogP contribution in [0.4, 0.5) is 5.82 Å². The van der Waals surface area contributed by atoms with E-state index in [1.807, 2.05) is 36.4 Å². The lowest BCUT2D eigenvalue weighted by molar-refractivity contribution is 0.0481. The number of esters is 1. The zero-order chi connectivity index (χ0) is 13.2. The van der Waals surface area contributed by atoms with E-state index >= 15 is 0 Å². The van der Waals surface area contributed by atoms with Crippen molar-refractivity contribution in [3.8, 4) is 11.3 Å². The van der Waals surface area contributed by atoms with E-state index in [4.69, 9.17) is 4.74 Å². The predicted molar refractivity (Wildman–Crippen MR) is 73.2 cm³/mol.